The molecule has 7 heteroatoms. The highest BCUT2D eigenvalue weighted by Crippen LogP contribution is 2.48. The molecular weight excluding hydrogens is 479 g/mol. The van der Waals surface area contributed by atoms with Crippen LogP contribution in [0.5, 0.6) is 0 Å². The van der Waals surface area contributed by atoms with Gasteiger partial charge in [-0.1, -0.05) is 59.6 Å². The fraction of sp³-hybridized carbons (Fsp3) is 0.286. The molecule has 3 aliphatic rings. The number of hydrazone groups is 1. The van der Waals surface area contributed by atoms with E-state index >= 15 is 0 Å². The van der Waals surface area contributed by atoms with Gasteiger partial charge in [-0.25, -0.2) is 0 Å². The van der Waals surface area contributed by atoms with Crippen molar-refractivity contribution in [1.29, 1.82) is 0 Å². The first-order valence-electron chi connectivity index (χ1n) is 11.9. The van der Waals surface area contributed by atoms with E-state index in [1.54, 1.807) is 17.1 Å². The second kappa shape index (κ2) is 8.66. The van der Waals surface area contributed by atoms with Crippen LogP contribution in [0.2, 0.25) is 10.0 Å². The molecule has 3 aromatic carbocycles. The van der Waals surface area contributed by atoms with Crippen LogP contribution in [0.4, 0.5) is 11.4 Å². The monoisotopic (exact) mass is 504 g/mol. The van der Waals surface area contributed by atoms with Crippen molar-refractivity contribution in [2.24, 2.45) is 10.5 Å². The Kier molecular flexibility index (Phi) is 5.59. The predicted octanol–water partition coefficient (Wildman–Crippen LogP) is 5.65. The van der Waals surface area contributed by atoms with Crippen molar-refractivity contribution >= 4 is 46.2 Å². The fourth-order valence-corrected chi connectivity index (χ4v) is 6.17. The number of benzene rings is 3. The zero-order chi connectivity index (χ0) is 24.2. The first-order chi connectivity index (χ1) is 17.0. The summed E-state index contributed by atoms with van der Waals surface area (Å²) in [6.45, 7) is 5.37. The second-order valence-electron chi connectivity index (χ2n) is 9.63. The number of hydrogen-bond donors (Lipinski definition) is 0. The van der Waals surface area contributed by atoms with Crippen LogP contribution in [-0.2, 0) is 17.8 Å². The Morgan fingerprint density at radius 3 is 2.49 bits per heavy atom. The quantitative estimate of drug-likeness (QED) is 0.462. The van der Waals surface area contributed by atoms with Gasteiger partial charge in [-0.05, 0) is 60.9 Å². The van der Waals surface area contributed by atoms with Gasteiger partial charge in [0.2, 0.25) is 0 Å². The Hall–Kier alpha value is -2.86. The van der Waals surface area contributed by atoms with Crippen molar-refractivity contribution < 1.29 is 4.79 Å². The normalized spacial score (nSPS) is 23.9. The summed E-state index contributed by atoms with van der Waals surface area (Å²) in [5, 5.41) is 7.75. The lowest BCUT2D eigenvalue weighted by atomic mass is 9.67. The maximum Gasteiger partial charge on any atom is 0.261 e. The van der Waals surface area contributed by atoms with Crippen molar-refractivity contribution in [3.63, 3.8) is 0 Å². The number of halogens is 2. The van der Waals surface area contributed by atoms with Crippen molar-refractivity contribution in [1.82, 2.24) is 4.90 Å². The molecule has 178 valence electrons. The number of anilines is 2. The molecule has 35 heavy (non-hydrogen) atoms. The smallest absolute Gasteiger partial charge is 0.261 e. The molecule has 1 fully saturated rings. The van der Waals surface area contributed by atoms with E-state index in [9.17, 15) is 4.79 Å². The zero-order valence-electron chi connectivity index (χ0n) is 19.5. The van der Waals surface area contributed by atoms with E-state index in [0.29, 0.717) is 11.4 Å². The number of hydrogen-bond acceptors (Lipinski definition) is 4. The summed E-state index contributed by atoms with van der Waals surface area (Å²) in [4.78, 5) is 19.1. The first kappa shape index (κ1) is 22.6. The van der Waals surface area contributed by atoms with Crippen LogP contribution in [-0.4, -0.2) is 42.2 Å². The third kappa shape index (κ3) is 3.74. The molecule has 1 amide bonds. The summed E-state index contributed by atoms with van der Waals surface area (Å²) >= 11 is 12.5. The minimum absolute atomic E-state index is 0.0227. The van der Waals surface area contributed by atoms with Gasteiger partial charge in [-0.2, -0.15) is 10.1 Å². The Bertz CT molecular complexity index is 1310. The molecule has 0 radical (unpaired) electrons. The van der Waals surface area contributed by atoms with Crippen molar-refractivity contribution in [2.75, 3.05) is 29.5 Å². The molecule has 3 aliphatic heterocycles. The van der Waals surface area contributed by atoms with Gasteiger partial charge in [0.05, 0.1) is 17.4 Å². The van der Waals surface area contributed by atoms with Crippen molar-refractivity contribution in [3.8, 4) is 0 Å². The fourth-order valence-electron chi connectivity index (χ4n) is 5.88. The van der Waals surface area contributed by atoms with Gasteiger partial charge in [0.15, 0.2) is 0 Å². The molecule has 0 aliphatic carbocycles. The third-order valence-corrected chi connectivity index (χ3v) is 8.14. The molecule has 5 nitrogen and oxygen atoms in total. The Morgan fingerprint density at radius 2 is 1.71 bits per heavy atom. The van der Waals surface area contributed by atoms with Gasteiger partial charge in [0.25, 0.3) is 5.91 Å². The van der Waals surface area contributed by atoms with Crippen LogP contribution in [0.25, 0.3) is 0 Å². The Morgan fingerprint density at radius 1 is 0.971 bits per heavy atom. The van der Waals surface area contributed by atoms with E-state index in [1.807, 2.05) is 37.3 Å². The minimum atomic E-state index is -0.740. The summed E-state index contributed by atoms with van der Waals surface area (Å²) in [7, 11) is 0. The van der Waals surface area contributed by atoms with Gasteiger partial charge in [0, 0.05) is 41.9 Å². The van der Waals surface area contributed by atoms with Crippen LogP contribution in [0.15, 0.2) is 77.9 Å². The van der Waals surface area contributed by atoms with E-state index in [4.69, 9.17) is 28.3 Å². The average molecular weight is 505 g/mol. The molecular formula is C28H26Cl2N4O. The number of rotatable bonds is 3. The summed E-state index contributed by atoms with van der Waals surface area (Å²) in [6, 6.07) is 23.8. The third-order valence-electron chi connectivity index (χ3n) is 7.65. The number of piperazine rings is 1. The first-order valence-corrected chi connectivity index (χ1v) is 12.7. The van der Waals surface area contributed by atoms with E-state index in [0.717, 1.165) is 53.9 Å². The summed E-state index contributed by atoms with van der Waals surface area (Å²) < 4.78 is 0. The lowest BCUT2D eigenvalue weighted by Gasteiger charge is -2.53. The number of carbonyl (C=O) groups excluding carboxylic acids is 1. The summed E-state index contributed by atoms with van der Waals surface area (Å²) in [6.07, 6.45) is 0.609. The molecule has 1 saturated heterocycles. The molecule has 0 N–H and O–H groups in total. The van der Waals surface area contributed by atoms with E-state index in [2.05, 4.69) is 40.1 Å². The van der Waals surface area contributed by atoms with Crippen molar-refractivity contribution in [2.45, 2.75) is 25.9 Å². The zero-order valence-corrected chi connectivity index (χ0v) is 21.0. The van der Waals surface area contributed by atoms with Gasteiger partial charge in [0.1, 0.15) is 5.41 Å². The molecule has 2 atom stereocenters. The molecule has 3 heterocycles. The number of carbonyl (C=O) groups is 1. The molecule has 0 bridgehead atoms. The lowest BCUT2D eigenvalue weighted by molar-refractivity contribution is -0.125. The average Bonchev–Trinajstić information content (AvgIpc) is 3.11. The standard InChI is InChI=1S/C28H26Cl2N4O/c1-19-28(27(35)34(31-19)24-11-9-22(29)10-12-24)16-21-7-8-23(30)15-25(21)33-14-13-32(18-26(28)33)17-20-5-3-2-4-6-20/h2-12,15,26H,13-14,16-18H2,1H3/t26-,28+/m1/s1. The molecule has 6 rings (SSSR count). The van der Waals surface area contributed by atoms with Crippen LogP contribution in [0, 0.1) is 5.41 Å². The highest BCUT2D eigenvalue weighted by atomic mass is 35.5. The van der Waals surface area contributed by atoms with Crippen LogP contribution in [0.3, 0.4) is 0 Å². The van der Waals surface area contributed by atoms with E-state index in [-0.39, 0.29) is 11.9 Å². The lowest BCUT2D eigenvalue weighted by Crippen LogP contribution is -2.66. The maximum atomic E-state index is 14.3. The number of amides is 1. The summed E-state index contributed by atoms with van der Waals surface area (Å²) in [5.41, 5.74) is 4.41. The highest BCUT2D eigenvalue weighted by Gasteiger charge is 2.59. The molecule has 1 spiro atoms. The Balaban J connectivity index is 1.41. The topological polar surface area (TPSA) is 39.2 Å². The minimum Gasteiger partial charge on any atom is -0.364 e. The van der Waals surface area contributed by atoms with Crippen LogP contribution >= 0.6 is 23.2 Å². The van der Waals surface area contributed by atoms with Crippen LogP contribution < -0.4 is 9.91 Å². The molecule has 0 saturated carbocycles. The molecule has 3 aromatic rings. The predicted molar refractivity (Wildman–Crippen MR) is 142 cm³/mol. The second-order valence-corrected chi connectivity index (χ2v) is 10.5. The van der Waals surface area contributed by atoms with E-state index < -0.39 is 5.41 Å². The van der Waals surface area contributed by atoms with Gasteiger partial charge < -0.3 is 4.90 Å². The Labute approximate surface area is 215 Å². The highest BCUT2D eigenvalue weighted by molar-refractivity contribution is 6.31. The molecule has 0 unspecified atom stereocenters. The van der Waals surface area contributed by atoms with E-state index in [1.165, 1.54) is 5.56 Å². The SMILES string of the molecule is CC1=NN(c2ccc(Cl)cc2)C(=O)[C@@]12Cc1ccc(Cl)cc1N1CCN(Cc3ccccc3)C[C@@H]12. The number of nitrogens with zero attached hydrogens (tertiary/aromatic N) is 4. The summed E-state index contributed by atoms with van der Waals surface area (Å²) in [5.74, 6) is 0.0227. The van der Waals surface area contributed by atoms with Gasteiger partial charge >= 0.3 is 0 Å². The molecule has 0 aromatic heterocycles. The van der Waals surface area contributed by atoms with Crippen molar-refractivity contribution in [3.05, 3.63) is 94.0 Å². The van der Waals surface area contributed by atoms with Gasteiger partial charge in [-0.15, -0.1) is 0 Å². The maximum absolute atomic E-state index is 14.3. The number of fused-ring (bicyclic) bond motifs is 4. The largest absolute Gasteiger partial charge is 0.364 e. The van der Waals surface area contributed by atoms with Crippen LogP contribution in [0.1, 0.15) is 18.1 Å². The van der Waals surface area contributed by atoms with Gasteiger partial charge in [-0.3, -0.25) is 9.69 Å².